The highest BCUT2D eigenvalue weighted by Crippen LogP contribution is 2.41. The van der Waals surface area contributed by atoms with E-state index in [4.69, 9.17) is 0 Å². The molecule has 0 aliphatic heterocycles. The lowest BCUT2D eigenvalue weighted by molar-refractivity contribution is -0.138. The molecule has 5 nitrogen and oxygen atoms in total. The quantitative estimate of drug-likeness (QED) is 0.419. The van der Waals surface area contributed by atoms with Gasteiger partial charge in [0, 0.05) is 10.8 Å². The Kier molecular flexibility index (Phi) is 6.38. The van der Waals surface area contributed by atoms with E-state index in [1.165, 1.54) is 0 Å². The van der Waals surface area contributed by atoms with Gasteiger partial charge in [-0.05, 0) is 0 Å². The van der Waals surface area contributed by atoms with Crippen molar-refractivity contribution in [1.29, 1.82) is 0 Å². The number of halogens is 8. The number of nitrogens with zero attached hydrogens (tertiary/aromatic N) is 2. The van der Waals surface area contributed by atoms with Crippen LogP contribution in [0.15, 0.2) is 10.8 Å². The fourth-order valence-corrected chi connectivity index (χ4v) is 3.36. The first-order valence-electron chi connectivity index (χ1n) is 6.08. The maximum absolute atomic E-state index is 13.6. The van der Waals surface area contributed by atoms with Crippen LogP contribution in [0, 0.1) is 0 Å². The van der Waals surface area contributed by atoms with Crippen LogP contribution >= 0.6 is 30.9 Å². The number of rotatable bonds is 6. The summed E-state index contributed by atoms with van der Waals surface area (Å²) in [5, 5.41) is -1.48. The molecule has 0 saturated carbocycles. The van der Waals surface area contributed by atoms with Crippen molar-refractivity contribution in [1.82, 2.24) is 9.97 Å². The molecule has 2 unspecified atom stereocenters. The van der Waals surface area contributed by atoms with E-state index in [0.717, 1.165) is 0 Å². The third-order valence-electron chi connectivity index (χ3n) is 2.39. The van der Waals surface area contributed by atoms with Crippen LogP contribution in [0.4, 0.5) is 35.1 Å². The summed E-state index contributed by atoms with van der Waals surface area (Å²) in [5.74, 6) is 0. The monoisotopic (exact) mass is 448 g/mol. The molecule has 0 fully saturated rings. The van der Waals surface area contributed by atoms with Gasteiger partial charge in [0.15, 0.2) is 10.0 Å². The van der Waals surface area contributed by atoms with E-state index in [1.807, 2.05) is 0 Å². The van der Waals surface area contributed by atoms with E-state index in [1.54, 1.807) is 0 Å². The smallest absolute Gasteiger partial charge is 0.269 e. The Hall–Kier alpha value is -1.15. The topological polar surface area (TPSA) is 61.3 Å². The minimum Gasteiger partial charge on any atom is -0.269 e. The van der Waals surface area contributed by atoms with Gasteiger partial charge in [-0.1, -0.05) is 0 Å². The van der Waals surface area contributed by atoms with Crippen molar-refractivity contribution in [2.24, 2.45) is 0 Å². The zero-order valence-electron chi connectivity index (χ0n) is 11.8. The van der Waals surface area contributed by atoms with Gasteiger partial charge in [0.1, 0.15) is 11.4 Å². The van der Waals surface area contributed by atoms with E-state index in [9.17, 15) is 39.7 Å². The van der Waals surface area contributed by atoms with Crippen molar-refractivity contribution in [3.8, 4) is 0 Å². The van der Waals surface area contributed by atoms with Gasteiger partial charge in [-0.3, -0.25) is 13.6 Å². The summed E-state index contributed by atoms with van der Waals surface area (Å²) in [6.45, 7) is 0. The minimum atomic E-state index is -4.82. The average Bonchev–Trinajstić information content (AvgIpc) is 3.15. The predicted octanol–water partition coefficient (Wildman–Crippen LogP) is 5.70. The van der Waals surface area contributed by atoms with Crippen LogP contribution in [0.3, 0.4) is 0 Å². The van der Waals surface area contributed by atoms with Crippen LogP contribution in [0.25, 0.3) is 0 Å². The lowest BCUT2D eigenvalue weighted by atomic mass is 10.5. The van der Waals surface area contributed by atoms with E-state index in [0.29, 0.717) is 10.8 Å². The summed E-state index contributed by atoms with van der Waals surface area (Å²) in [6, 6.07) is 0. The van der Waals surface area contributed by atoms with E-state index in [-0.39, 0.29) is 22.7 Å². The van der Waals surface area contributed by atoms with Crippen molar-refractivity contribution < 1.29 is 48.7 Å². The largest absolute Gasteiger partial charge is 0.443 e. The van der Waals surface area contributed by atoms with Crippen LogP contribution in [0.1, 0.15) is 34.1 Å². The highest BCUT2D eigenvalue weighted by atomic mass is 32.1. The Morgan fingerprint density at radius 3 is 1.46 bits per heavy atom. The van der Waals surface area contributed by atoms with E-state index in [2.05, 4.69) is 19.0 Å². The maximum atomic E-state index is 13.6. The van der Waals surface area contributed by atoms with Crippen LogP contribution < -0.4 is 0 Å². The Bertz CT molecular complexity index is 715. The number of thiazole rings is 2. The van der Waals surface area contributed by atoms with Crippen LogP contribution in [-0.2, 0) is 26.0 Å². The van der Waals surface area contributed by atoms with Gasteiger partial charge in [0.2, 0.25) is 12.7 Å². The minimum absolute atomic E-state index is 0.0508. The molecule has 0 aliphatic rings. The zero-order valence-corrected chi connectivity index (χ0v) is 14.4. The van der Waals surface area contributed by atoms with Crippen molar-refractivity contribution in [2.45, 2.75) is 25.1 Å². The summed E-state index contributed by atoms with van der Waals surface area (Å²) >= 11 is 0.102. The van der Waals surface area contributed by atoms with Gasteiger partial charge in [0.05, 0.1) is 0 Å². The number of aromatic nitrogens is 2. The third-order valence-corrected chi connectivity index (χ3v) is 5.00. The van der Waals surface area contributed by atoms with Crippen LogP contribution in [0.5, 0.6) is 0 Å². The fourth-order valence-electron chi connectivity index (χ4n) is 1.36. The molecule has 0 radical (unpaired) electrons. The molecule has 16 heteroatoms. The molecule has 0 bridgehead atoms. The fraction of sp³-hybridized carbons (Fsp3) is 0.400. The molecule has 0 amide bonds. The summed E-state index contributed by atoms with van der Waals surface area (Å²) in [7, 11) is -3.97. The van der Waals surface area contributed by atoms with Gasteiger partial charge in [-0.2, -0.15) is 26.3 Å². The summed E-state index contributed by atoms with van der Waals surface area (Å²) in [4.78, 5) is 5.78. The van der Waals surface area contributed by atoms with E-state index < -0.39 is 54.7 Å². The van der Waals surface area contributed by atoms with Gasteiger partial charge < -0.3 is 0 Å². The van der Waals surface area contributed by atoms with Gasteiger partial charge >= 0.3 is 20.6 Å². The highest BCUT2D eigenvalue weighted by molar-refractivity contribution is 7.33. The van der Waals surface area contributed by atoms with Gasteiger partial charge in [0.25, 0.3) is 0 Å². The van der Waals surface area contributed by atoms with Crippen molar-refractivity contribution in [2.75, 3.05) is 0 Å². The Labute approximate surface area is 147 Å². The molecule has 0 N–H and O–H groups in total. The number of hydrogen-bond donors (Lipinski definition) is 0. The van der Waals surface area contributed by atoms with Crippen molar-refractivity contribution >= 4 is 30.9 Å². The first-order chi connectivity index (χ1) is 11.9. The molecule has 0 aromatic carbocycles. The van der Waals surface area contributed by atoms with Crippen LogP contribution in [0.2, 0.25) is 0 Å². The maximum Gasteiger partial charge on any atom is 0.443 e. The first kappa shape index (κ1) is 21.2. The third kappa shape index (κ3) is 5.42. The normalized spacial score (nSPS) is 16.5. The van der Waals surface area contributed by atoms with Crippen LogP contribution in [-0.4, -0.2) is 9.97 Å². The van der Waals surface area contributed by atoms with Gasteiger partial charge in [-0.15, -0.1) is 22.7 Å². The predicted molar refractivity (Wildman–Crippen MR) is 73.1 cm³/mol. The molecule has 0 saturated heterocycles. The standard InChI is InChI=1S/C10H5F8N2O3PS2/c11-5(3-1-25-7(19-3)9(13,14)15)22-24(21)23-6(12)4-2-26-8(20-4)10(16,17)18/h1-2,5-6,24H. The SMILES string of the molecule is O=[PH](OC(F)c1csc(C(F)(F)F)n1)OC(F)c1csc(C(F)(F)F)n1. The summed E-state index contributed by atoms with van der Waals surface area (Å²) in [6.07, 6.45) is -15.1. The van der Waals surface area contributed by atoms with Gasteiger partial charge in [-0.25, -0.2) is 18.7 Å². The molecule has 2 aromatic heterocycles. The number of hydrogen-bond acceptors (Lipinski definition) is 7. The molecule has 2 rings (SSSR count). The molecule has 2 atom stereocenters. The lowest BCUT2D eigenvalue weighted by Gasteiger charge is -2.10. The molecule has 2 heterocycles. The molecular weight excluding hydrogens is 443 g/mol. The lowest BCUT2D eigenvalue weighted by Crippen LogP contribution is -2.05. The van der Waals surface area contributed by atoms with E-state index >= 15 is 0 Å². The van der Waals surface area contributed by atoms with Crippen molar-refractivity contribution in [3.05, 3.63) is 32.2 Å². The Morgan fingerprint density at radius 1 is 0.846 bits per heavy atom. The molecule has 0 spiro atoms. The first-order valence-corrected chi connectivity index (χ1v) is 9.07. The highest BCUT2D eigenvalue weighted by Gasteiger charge is 2.37. The summed E-state index contributed by atoms with van der Waals surface area (Å²) < 4.78 is 121. The molecule has 146 valence electrons. The summed E-state index contributed by atoms with van der Waals surface area (Å²) in [5.41, 5.74) is -1.74. The zero-order chi connectivity index (χ0) is 19.7. The Morgan fingerprint density at radius 2 is 1.19 bits per heavy atom. The Balaban J connectivity index is 1.95. The van der Waals surface area contributed by atoms with Crippen molar-refractivity contribution in [3.63, 3.8) is 0 Å². The molecule has 0 aliphatic carbocycles. The second kappa shape index (κ2) is 7.84. The molecule has 26 heavy (non-hydrogen) atoms. The molecular formula is C10H5F8N2O3PS2. The second-order valence-electron chi connectivity index (χ2n) is 4.27. The second-order valence-corrected chi connectivity index (χ2v) is 6.96. The number of alkyl halides is 8. The average molecular weight is 448 g/mol. The molecule has 2 aromatic rings.